The van der Waals surface area contributed by atoms with E-state index in [4.69, 9.17) is 0 Å². The molecule has 5 rings (SSSR count). The summed E-state index contributed by atoms with van der Waals surface area (Å²) in [5, 5.41) is 0. The summed E-state index contributed by atoms with van der Waals surface area (Å²) in [5.74, 6) is -0.273. The fourth-order valence-electron chi connectivity index (χ4n) is 5.68. The zero-order valence-electron chi connectivity index (χ0n) is 24.4. The van der Waals surface area contributed by atoms with Gasteiger partial charge in [0.1, 0.15) is 0 Å². The molecule has 0 amide bonds. The third kappa shape index (κ3) is 7.05. The van der Waals surface area contributed by atoms with Crippen LogP contribution in [0.25, 0.3) is 6.08 Å². The molecule has 1 aromatic heterocycles. The van der Waals surface area contributed by atoms with E-state index in [0.717, 1.165) is 71.1 Å². The molecule has 220 valence electrons. The van der Waals surface area contributed by atoms with Gasteiger partial charge in [-0.05, 0) is 85.3 Å². The highest BCUT2D eigenvalue weighted by molar-refractivity contribution is 6.00. The number of allylic oxidation sites excluding steroid dienone is 1. The van der Waals surface area contributed by atoms with Crippen LogP contribution in [0.5, 0.6) is 0 Å². The average molecular weight is 576 g/mol. The number of fused-ring (bicyclic) bond motifs is 1. The molecule has 0 unspecified atom stereocenters. The Labute approximate surface area is 245 Å². The molecule has 3 aromatic rings. The van der Waals surface area contributed by atoms with E-state index >= 15 is 0 Å². The van der Waals surface area contributed by atoms with E-state index in [2.05, 4.69) is 16.0 Å². The minimum absolute atomic E-state index is 0.0292. The third-order valence-corrected chi connectivity index (χ3v) is 8.39. The second-order valence-corrected chi connectivity index (χ2v) is 11.6. The molecule has 1 aliphatic heterocycles. The van der Waals surface area contributed by atoms with Crippen LogP contribution in [0, 0.1) is 6.92 Å². The number of aromatic nitrogens is 1. The monoisotopic (exact) mass is 575 g/mol. The maximum Gasteiger partial charge on any atom is 0.416 e. The van der Waals surface area contributed by atoms with Gasteiger partial charge in [0.2, 0.25) is 0 Å². The number of alkyl halides is 3. The fourth-order valence-corrected chi connectivity index (χ4v) is 5.68. The van der Waals surface area contributed by atoms with Gasteiger partial charge in [0.25, 0.3) is 0 Å². The topological polar surface area (TPSA) is 53.5 Å². The number of benzene rings is 2. The zero-order chi connectivity index (χ0) is 30.0. The van der Waals surface area contributed by atoms with Gasteiger partial charge in [-0.3, -0.25) is 19.5 Å². The summed E-state index contributed by atoms with van der Waals surface area (Å²) < 4.78 is 42.1. The number of hydrogen-bond donors (Lipinski definition) is 0. The normalized spacial score (nSPS) is 15.9. The van der Waals surface area contributed by atoms with E-state index in [9.17, 15) is 22.8 Å². The van der Waals surface area contributed by atoms with Crippen molar-refractivity contribution in [3.05, 3.63) is 104 Å². The first kappa shape index (κ1) is 29.9. The van der Waals surface area contributed by atoms with E-state index in [0.29, 0.717) is 19.5 Å². The van der Waals surface area contributed by atoms with E-state index in [-0.39, 0.29) is 35.7 Å². The maximum absolute atomic E-state index is 14.0. The van der Waals surface area contributed by atoms with Crippen molar-refractivity contribution < 1.29 is 22.8 Å². The molecule has 0 radical (unpaired) electrons. The van der Waals surface area contributed by atoms with E-state index in [1.54, 1.807) is 6.92 Å². The number of ketones is 2. The highest BCUT2D eigenvalue weighted by Gasteiger charge is 2.34. The Kier molecular flexibility index (Phi) is 8.76. The molecule has 8 heteroatoms. The molecule has 0 atom stereocenters. The van der Waals surface area contributed by atoms with Crippen molar-refractivity contribution in [2.45, 2.75) is 52.3 Å². The standard InChI is InChI=1S/C34H36F3N3O2/c1-22-4-5-24(14-26(22)7-6-25-15-30-17-29(23(2)41)19-32(30)38-20-25)16-33(42)27-8-9-28(31(18-27)34(35,36)37)21-40-12-10-39(3)11-13-40/h4-5,8-9,14-15,17-18,20H,6-7,10-13,16,19,21H2,1-3H3. The van der Waals surface area contributed by atoms with Crippen molar-refractivity contribution in [3.63, 3.8) is 0 Å². The van der Waals surface area contributed by atoms with Crippen molar-refractivity contribution >= 4 is 17.6 Å². The highest BCUT2D eigenvalue weighted by atomic mass is 19.4. The van der Waals surface area contributed by atoms with Crippen LogP contribution in [0.3, 0.4) is 0 Å². The Morgan fingerprint density at radius 1 is 0.929 bits per heavy atom. The molecule has 42 heavy (non-hydrogen) atoms. The number of piperazine rings is 1. The molecule has 2 aromatic carbocycles. The van der Waals surface area contributed by atoms with Crippen LogP contribution in [0.15, 0.2) is 54.2 Å². The molecule has 2 aliphatic rings. The number of hydrogen-bond acceptors (Lipinski definition) is 5. The zero-order valence-corrected chi connectivity index (χ0v) is 24.4. The smallest absolute Gasteiger partial charge is 0.304 e. The summed E-state index contributed by atoms with van der Waals surface area (Å²) >= 11 is 0. The van der Waals surface area contributed by atoms with Crippen molar-refractivity contribution in [2.24, 2.45) is 0 Å². The number of Topliss-reactive ketones (excluding diaryl/α,β-unsaturated/α-hetero) is 2. The molecule has 1 saturated heterocycles. The number of rotatable bonds is 9. The lowest BCUT2D eigenvalue weighted by atomic mass is 9.94. The summed E-state index contributed by atoms with van der Waals surface area (Å²) in [4.78, 5) is 33.6. The minimum atomic E-state index is -4.54. The van der Waals surface area contributed by atoms with Gasteiger partial charge >= 0.3 is 6.18 Å². The van der Waals surface area contributed by atoms with Crippen molar-refractivity contribution in [1.29, 1.82) is 0 Å². The molecule has 0 N–H and O–H groups in total. The first-order chi connectivity index (χ1) is 20.0. The summed E-state index contributed by atoms with van der Waals surface area (Å²) in [6.07, 6.45) is 1.30. The predicted molar refractivity (Wildman–Crippen MR) is 157 cm³/mol. The Morgan fingerprint density at radius 3 is 2.40 bits per heavy atom. The molecule has 0 spiro atoms. The number of carbonyl (C=O) groups is 2. The molecule has 2 heterocycles. The lowest BCUT2D eigenvalue weighted by molar-refractivity contribution is -0.138. The van der Waals surface area contributed by atoms with E-state index in [1.165, 1.54) is 12.1 Å². The third-order valence-electron chi connectivity index (χ3n) is 8.39. The molecule has 5 nitrogen and oxygen atoms in total. The summed E-state index contributed by atoms with van der Waals surface area (Å²) in [7, 11) is 2.01. The predicted octanol–water partition coefficient (Wildman–Crippen LogP) is 5.90. The first-order valence-corrected chi connectivity index (χ1v) is 14.4. The second-order valence-electron chi connectivity index (χ2n) is 11.6. The van der Waals surface area contributed by atoms with Crippen LogP contribution < -0.4 is 0 Å². The van der Waals surface area contributed by atoms with Crippen molar-refractivity contribution in [1.82, 2.24) is 14.8 Å². The number of aryl methyl sites for hydroxylation is 3. The Morgan fingerprint density at radius 2 is 1.69 bits per heavy atom. The Balaban J connectivity index is 1.27. The van der Waals surface area contributed by atoms with Crippen LogP contribution in [-0.4, -0.2) is 59.6 Å². The van der Waals surface area contributed by atoms with Gasteiger partial charge in [-0.25, -0.2) is 0 Å². The molecular weight excluding hydrogens is 539 g/mol. The van der Waals surface area contributed by atoms with Gasteiger partial charge in [0.05, 0.1) is 11.3 Å². The van der Waals surface area contributed by atoms with Gasteiger partial charge in [0.15, 0.2) is 11.6 Å². The van der Waals surface area contributed by atoms with Gasteiger partial charge < -0.3 is 4.90 Å². The van der Waals surface area contributed by atoms with Gasteiger partial charge in [-0.15, -0.1) is 0 Å². The Bertz CT molecular complexity index is 1540. The van der Waals surface area contributed by atoms with Gasteiger partial charge in [-0.1, -0.05) is 30.3 Å². The SMILES string of the molecule is CC(=O)C1=Cc2cc(CCc3cc(CC(=O)c4ccc(CN5CCN(C)CC5)c(C(F)(F)F)c4)ccc3C)cnc2C1. The first-order valence-electron chi connectivity index (χ1n) is 14.4. The van der Waals surface area contributed by atoms with Crippen LogP contribution in [0.1, 0.15) is 61.9 Å². The molecule has 1 aliphatic carbocycles. The number of pyridine rings is 1. The quantitative estimate of drug-likeness (QED) is 0.298. The number of halogens is 3. The largest absolute Gasteiger partial charge is 0.416 e. The molecule has 0 bridgehead atoms. The number of likely N-dealkylation sites (N-methyl/N-ethyl adjacent to an activating group) is 1. The average Bonchev–Trinajstić information content (AvgIpc) is 3.38. The summed E-state index contributed by atoms with van der Waals surface area (Å²) in [6.45, 7) is 6.86. The maximum atomic E-state index is 14.0. The number of nitrogens with zero attached hydrogens (tertiary/aromatic N) is 3. The van der Waals surface area contributed by atoms with Crippen molar-refractivity contribution in [3.8, 4) is 0 Å². The van der Waals surface area contributed by atoms with Crippen LogP contribution in [-0.2, 0) is 43.2 Å². The number of carbonyl (C=O) groups excluding carboxylic acids is 2. The van der Waals surface area contributed by atoms with Gasteiger partial charge in [0, 0.05) is 62.9 Å². The van der Waals surface area contributed by atoms with Gasteiger partial charge in [-0.2, -0.15) is 13.2 Å². The fraction of sp³-hybridized carbons (Fsp3) is 0.382. The van der Waals surface area contributed by atoms with Crippen molar-refractivity contribution in [2.75, 3.05) is 33.2 Å². The minimum Gasteiger partial charge on any atom is -0.304 e. The second kappa shape index (κ2) is 12.3. The van der Waals surface area contributed by atoms with Crippen LogP contribution in [0.4, 0.5) is 13.2 Å². The lowest BCUT2D eigenvalue weighted by Crippen LogP contribution is -2.44. The van der Waals surface area contributed by atoms with E-state index < -0.39 is 11.7 Å². The summed E-state index contributed by atoms with van der Waals surface area (Å²) in [5.41, 5.74) is 6.24. The summed E-state index contributed by atoms with van der Waals surface area (Å²) in [6, 6.07) is 11.9. The molecular formula is C34H36F3N3O2. The molecule has 0 saturated carbocycles. The lowest BCUT2D eigenvalue weighted by Gasteiger charge is -2.33. The van der Waals surface area contributed by atoms with Crippen LogP contribution >= 0.6 is 0 Å². The van der Waals surface area contributed by atoms with E-state index in [1.807, 2.05) is 49.3 Å². The highest BCUT2D eigenvalue weighted by Crippen LogP contribution is 2.34. The van der Waals surface area contributed by atoms with Crippen LogP contribution in [0.2, 0.25) is 0 Å². The molecule has 1 fully saturated rings. The Hall–Kier alpha value is -3.62.